The van der Waals surface area contributed by atoms with Gasteiger partial charge in [0.05, 0.1) is 0 Å². The summed E-state index contributed by atoms with van der Waals surface area (Å²) in [4.78, 5) is 0. The molecule has 0 spiro atoms. The molecule has 0 fully saturated rings. The van der Waals surface area contributed by atoms with Gasteiger partial charge in [-0.25, -0.2) is 0 Å². The fourth-order valence-electron chi connectivity index (χ4n) is 0. The van der Waals surface area contributed by atoms with Gasteiger partial charge in [0.1, 0.15) is 21.0 Å². The highest BCUT2D eigenvalue weighted by atomic mass is 79.9. The topological polar surface area (TPSA) is 9.23 Å². The highest BCUT2D eigenvalue weighted by Gasteiger charge is 1.28. The molecule has 28 valence electrons. The molecule has 0 amide bonds. The third-order valence-electron chi connectivity index (χ3n) is 0. The van der Waals surface area contributed by atoms with Crippen LogP contribution < -0.4 is 0 Å². The third-order valence-corrected chi connectivity index (χ3v) is 0. The van der Waals surface area contributed by atoms with E-state index in [-0.39, 0.29) is 17.0 Å². The van der Waals surface area contributed by atoms with Gasteiger partial charge in [-0.3, -0.25) is 0 Å². The lowest BCUT2D eigenvalue weighted by atomic mass is 15.8. The van der Waals surface area contributed by atoms with Crippen LogP contribution in [0.25, 0.3) is 0 Å². The predicted octanol–water partition coefficient (Wildman–Crippen LogP) is -1.86. The van der Waals surface area contributed by atoms with E-state index in [9.17, 15) is 0 Å². The molecule has 0 saturated carbocycles. The zero-order valence-corrected chi connectivity index (χ0v) is 8.53. The minimum atomic E-state index is 0. The Kier molecular flexibility index (Phi) is 20.2. The SMILES string of the molecule is Br.[SiH3]O[SiH3]. The molecule has 4 heavy (non-hydrogen) atoms. The molecule has 0 aromatic carbocycles. The van der Waals surface area contributed by atoms with Gasteiger partial charge in [0, 0.05) is 0 Å². The van der Waals surface area contributed by atoms with E-state index in [0.717, 1.165) is 21.0 Å². The summed E-state index contributed by atoms with van der Waals surface area (Å²) in [6, 6.07) is 0. The first-order chi connectivity index (χ1) is 1.41. The molecule has 0 atom stereocenters. The van der Waals surface area contributed by atoms with Gasteiger partial charge < -0.3 is 4.12 Å². The maximum atomic E-state index is 4.53. The van der Waals surface area contributed by atoms with Crippen molar-refractivity contribution in [1.29, 1.82) is 0 Å². The van der Waals surface area contributed by atoms with Crippen molar-refractivity contribution in [1.82, 2.24) is 0 Å². The molecular formula is H7BrOSi2. The first-order valence-corrected chi connectivity index (χ1v) is 2.45. The number of halogens is 1. The summed E-state index contributed by atoms with van der Waals surface area (Å²) in [5.41, 5.74) is 0. The molecule has 0 aromatic heterocycles. The molecule has 0 unspecified atom stereocenters. The van der Waals surface area contributed by atoms with Gasteiger partial charge in [-0.05, 0) is 0 Å². The minimum absolute atomic E-state index is 0. The van der Waals surface area contributed by atoms with E-state index in [1.807, 2.05) is 0 Å². The summed E-state index contributed by atoms with van der Waals surface area (Å²) in [5, 5.41) is 0. The molecule has 4 heteroatoms. The monoisotopic (exact) mass is 158 g/mol. The van der Waals surface area contributed by atoms with E-state index in [1.54, 1.807) is 0 Å². The molecule has 1 nitrogen and oxygen atoms in total. The van der Waals surface area contributed by atoms with Crippen LogP contribution in [-0.2, 0) is 4.12 Å². The zero-order chi connectivity index (χ0) is 2.71. The second kappa shape index (κ2) is 9.11. The van der Waals surface area contributed by atoms with Gasteiger partial charge in [0.2, 0.25) is 0 Å². The second-order valence-electron chi connectivity index (χ2n) is 0.408. The molecule has 0 heterocycles. The van der Waals surface area contributed by atoms with Crippen LogP contribution in [-0.4, -0.2) is 21.0 Å². The van der Waals surface area contributed by atoms with Crippen LogP contribution in [0.5, 0.6) is 0 Å². The van der Waals surface area contributed by atoms with Gasteiger partial charge in [-0.2, -0.15) is 0 Å². The smallest absolute Gasteiger partial charge is 0.129 e. The van der Waals surface area contributed by atoms with Gasteiger partial charge in [-0.15, -0.1) is 17.0 Å². The first kappa shape index (κ1) is 8.86. The van der Waals surface area contributed by atoms with E-state index in [1.165, 1.54) is 0 Å². The van der Waals surface area contributed by atoms with E-state index in [4.69, 9.17) is 0 Å². The summed E-state index contributed by atoms with van der Waals surface area (Å²) >= 11 is 0. The first-order valence-electron chi connectivity index (χ1n) is 0.816. The number of rotatable bonds is 0. The van der Waals surface area contributed by atoms with Crippen LogP contribution >= 0.6 is 17.0 Å². The average Bonchev–Trinajstić information content (AvgIpc) is 0.918. The molecule has 0 radical (unpaired) electrons. The Balaban J connectivity index is 0. The van der Waals surface area contributed by atoms with Crippen molar-refractivity contribution in [2.24, 2.45) is 0 Å². The van der Waals surface area contributed by atoms with Crippen molar-refractivity contribution in [3.63, 3.8) is 0 Å². The van der Waals surface area contributed by atoms with Crippen LogP contribution in [0.2, 0.25) is 0 Å². The van der Waals surface area contributed by atoms with Gasteiger partial charge in [0.15, 0.2) is 0 Å². The van der Waals surface area contributed by atoms with Crippen LogP contribution in [0, 0.1) is 0 Å². The van der Waals surface area contributed by atoms with E-state index >= 15 is 0 Å². The van der Waals surface area contributed by atoms with Crippen LogP contribution in [0.1, 0.15) is 0 Å². The minimum Gasteiger partial charge on any atom is -0.471 e. The van der Waals surface area contributed by atoms with Crippen molar-refractivity contribution in [3.05, 3.63) is 0 Å². The average molecular weight is 159 g/mol. The van der Waals surface area contributed by atoms with Gasteiger partial charge in [0.25, 0.3) is 0 Å². The second-order valence-corrected chi connectivity index (χ2v) is 3.67. The highest BCUT2D eigenvalue weighted by Crippen LogP contribution is 1.20. The Hall–Kier alpha value is 0.874. The molecule has 0 bridgehead atoms. The van der Waals surface area contributed by atoms with E-state index < -0.39 is 0 Å². The normalized spacial score (nSPS) is 6.00. The maximum absolute atomic E-state index is 4.53. The lowest BCUT2D eigenvalue weighted by Crippen LogP contribution is -1.65. The van der Waals surface area contributed by atoms with Crippen molar-refractivity contribution in [2.45, 2.75) is 0 Å². The summed E-state index contributed by atoms with van der Waals surface area (Å²) in [5.74, 6) is 0. The van der Waals surface area contributed by atoms with Crippen molar-refractivity contribution in [2.75, 3.05) is 0 Å². The number of hydrogen-bond donors (Lipinski definition) is 0. The Bertz CT molecular complexity index is 6.00. The maximum Gasteiger partial charge on any atom is 0.129 e. The lowest BCUT2D eigenvalue weighted by Gasteiger charge is -1.62. The molecule has 0 aliphatic rings. The molecule has 0 N–H and O–H groups in total. The Morgan fingerprint density at radius 2 is 1.25 bits per heavy atom. The van der Waals surface area contributed by atoms with Gasteiger partial charge in [-0.1, -0.05) is 0 Å². The molecule has 0 aliphatic heterocycles. The predicted molar refractivity (Wildman–Crippen MR) is 31.3 cm³/mol. The summed E-state index contributed by atoms with van der Waals surface area (Å²) in [7, 11) is 1.86. The molecule has 0 rings (SSSR count). The summed E-state index contributed by atoms with van der Waals surface area (Å²) < 4.78 is 4.53. The van der Waals surface area contributed by atoms with Gasteiger partial charge >= 0.3 is 0 Å². The lowest BCUT2D eigenvalue weighted by molar-refractivity contribution is 0.690. The van der Waals surface area contributed by atoms with Crippen molar-refractivity contribution >= 4 is 38.0 Å². The Labute approximate surface area is 42.6 Å². The Morgan fingerprint density at radius 3 is 1.25 bits per heavy atom. The number of hydrogen-bond acceptors (Lipinski definition) is 1. The van der Waals surface area contributed by atoms with Crippen LogP contribution in [0.15, 0.2) is 0 Å². The molecule has 0 saturated heterocycles. The fourth-order valence-corrected chi connectivity index (χ4v) is 0. The third kappa shape index (κ3) is 13.2. The van der Waals surface area contributed by atoms with Crippen LogP contribution in [0.3, 0.4) is 0 Å². The quantitative estimate of drug-likeness (QED) is 0.377. The highest BCUT2D eigenvalue weighted by molar-refractivity contribution is 8.93. The molecule has 0 aliphatic carbocycles. The zero-order valence-electron chi connectivity index (χ0n) is 2.82. The molecule has 0 aromatic rings. The Morgan fingerprint density at radius 1 is 1.25 bits per heavy atom. The largest absolute Gasteiger partial charge is 0.471 e. The van der Waals surface area contributed by atoms with Crippen molar-refractivity contribution < 1.29 is 4.12 Å². The van der Waals surface area contributed by atoms with E-state index in [2.05, 4.69) is 4.12 Å². The molecular weight excluding hydrogens is 152 g/mol. The standard InChI is InChI=1S/BrH.H6OSi2/c;2-1-3/h1H;2-3H3. The van der Waals surface area contributed by atoms with Crippen LogP contribution in [0.4, 0.5) is 0 Å². The van der Waals surface area contributed by atoms with E-state index in [0.29, 0.717) is 0 Å². The summed E-state index contributed by atoms with van der Waals surface area (Å²) in [6.45, 7) is 0. The van der Waals surface area contributed by atoms with Crippen molar-refractivity contribution in [3.8, 4) is 0 Å². The summed E-state index contributed by atoms with van der Waals surface area (Å²) in [6.07, 6.45) is 0. The fraction of sp³-hybridized carbons (Fsp3) is 0.